The molecule has 1 fully saturated rings. The zero-order valence-corrected chi connectivity index (χ0v) is 17.9. The zero-order valence-electron chi connectivity index (χ0n) is 17.1. The van der Waals surface area contributed by atoms with Crippen LogP contribution >= 0.6 is 0 Å². The maximum atomic E-state index is 12.7. The van der Waals surface area contributed by atoms with E-state index >= 15 is 0 Å². The average Bonchev–Trinajstić information content (AvgIpc) is 2.98. The Hall–Kier alpha value is -2.93. The standard InChI is InChI=1S/C23H25N3O3S/c1-16-8-6-7-11-20(16)23(27)24-19-12-14-26(15-13-19)22-17(2)21(30(28,29)25-22)18-9-4-3-5-10-18/h3-11,19H,12-15H2,1-2H3,(H,24,27). The van der Waals surface area contributed by atoms with E-state index in [2.05, 4.69) is 9.71 Å². The van der Waals surface area contributed by atoms with Crippen LogP contribution in [0.1, 0.15) is 41.3 Å². The molecule has 4 rings (SSSR count). The number of nitrogens with zero attached hydrogens (tertiary/aromatic N) is 2. The summed E-state index contributed by atoms with van der Waals surface area (Å²) >= 11 is 0. The number of carbonyl (C=O) groups is 1. The van der Waals surface area contributed by atoms with E-state index in [-0.39, 0.29) is 16.9 Å². The Bertz CT molecular complexity index is 1130. The normalized spacial score (nSPS) is 19.0. The fraction of sp³-hybridized carbons (Fsp3) is 0.304. The minimum absolute atomic E-state index is 0.0600. The van der Waals surface area contributed by atoms with Crippen LogP contribution < -0.4 is 5.32 Å². The summed E-state index contributed by atoms with van der Waals surface area (Å²) in [6.07, 6.45) is 1.48. The molecule has 0 unspecified atom stereocenters. The molecule has 2 aliphatic rings. The summed E-state index contributed by atoms with van der Waals surface area (Å²) in [6, 6.07) is 16.7. The first-order chi connectivity index (χ1) is 14.4. The highest BCUT2D eigenvalue weighted by atomic mass is 32.2. The van der Waals surface area contributed by atoms with Gasteiger partial charge >= 0.3 is 0 Å². The molecular formula is C23H25N3O3S. The van der Waals surface area contributed by atoms with Gasteiger partial charge in [0.15, 0.2) is 0 Å². The molecule has 2 aromatic rings. The van der Waals surface area contributed by atoms with Gasteiger partial charge in [-0.05, 0) is 43.9 Å². The predicted octanol–water partition coefficient (Wildman–Crippen LogP) is 3.36. The lowest BCUT2D eigenvalue weighted by Crippen LogP contribution is -2.46. The maximum absolute atomic E-state index is 12.7. The van der Waals surface area contributed by atoms with E-state index in [1.165, 1.54) is 0 Å². The highest BCUT2D eigenvalue weighted by Gasteiger charge is 2.34. The van der Waals surface area contributed by atoms with Crippen molar-refractivity contribution >= 4 is 26.7 Å². The van der Waals surface area contributed by atoms with Crippen molar-refractivity contribution < 1.29 is 13.2 Å². The number of amidine groups is 1. The summed E-state index contributed by atoms with van der Waals surface area (Å²) in [4.78, 5) is 14.9. The minimum Gasteiger partial charge on any atom is -0.356 e. The molecule has 0 saturated carbocycles. The second kappa shape index (κ2) is 8.07. The number of hydrogen-bond donors (Lipinski definition) is 1. The first kappa shape index (κ1) is 20.3. The molecule has 156 valence electrons. The van der Waals surface area contributed by atoms with E-state index in [9.17, 15) is 13.2 Å². The van der Waals surface area contributed by atoms with Gasteiger partial charge in [-0.1, -0.05) is 48.5 Å². The fourth-order valence-corrected chi connectivity index (χ4v) is 5.58. The molecule has 0 bridgehead atoms. The molecule has 2 aliphatic heterocycles. The lowest BCUT2D eigenvalue weighted by Gasteiger charge is -2.34. The van der Waals surface area contributed by atoms with Crippen molar-refractivity contribution in [2.75, 3.05) is 13.1 Å². The molecule has 7 heteroatoms. The highest BCUT2D eigenvalue weighted by molar-refractivity contribution is 8.00. The van der Waals surface area contributed by atoms with E-state index in [1.807, 2.05) is 61.2 Å². The number of rotatable bonds is 3. The highest BCUT2D eigenvalue weighted by Crippen LogP contribution is 2.34. The molecule has 0 aliphatic carbocycles. The van der Waals surface area contributed by atoms with E-state index in [4.69, 9.17) is 0 Å². The van der Waals surface area contributed by atoms with Crippen molar-refractivity contribution in [3.8, 4) is 0 Å². The van der Waals surface area contributed by atoms with Gasteiger partial charge in [-0.3, -0.25) is 4.79 Å². The summed E-state index contributed by atoms with van der Waals surface area (Å²) in [6.45, 7) is 5.03. The molecule has 0 aromatic heterocycles. The quantitative estimate of drug-likeness (QED) is 0.821. The molecule has 2 aromatic carbocycles. The number of nitrogens with one attached hydrogen (secondary N) is 1. The van der Waals surface area contributed by atoms with E-state index < -0.39 is 10.0 Å². The van der Waals surface area contributed by atoms with Gasteiger partial charge < -0.3 is 10.2 Å². The van der Waals surface area contributed by atoms with E-state index in [1.54, 1.807) is 12.1 Å². The summed E-state index contributed by atoms with van der Waals surface area (Å²) in [5.41, 5.74) is 2.99. The topological polar surface area (TPSA) is 78.8 Å². The molecule has 2 heterocycles. The summed E-state index contributed by atoms with van der Waals surface area (Å²) in [5, 5.41) is 3.11. The maximum Gasteiger partial charge on any atom is 0.285 e. The second-order valence-electron chi connectivity index (χ2n) is 7.76. The number of likely N-dealkylation sites (tertiary alicyclic amines) is 1. The van der Waals surface area contributed by atoms with Crippen molar-refractivity contribution in [2.24, 2.45) is 4.40 Å². The van der Waals surface area contributed by atoms with Crippen LogP contribution in [0.5, 0.6) is 0 Å². The van der Waals surface area contributed by atoms with E-state index in [0.29, 0.717) is 35.6 Å². The van der Waals surface area contributed by atoms with Gasteiger partial charge in [-0.2, -0.15) is 8.42 Å². The van der Waals surface area contributed by atoms with Crippen LogP contribution in [-0.2, 0) is 10.0 Å². The molecule has 0 atom stereocenters. The fourth-order valence-electron chi connectivity index (χ4n) is 4.10. The third-order valence-electron chi connectivity index (χ3n) is 5.70. The van der Waals surface area contributed by atoms with Crippen LogP contribution in [0.2, 0.25) is 0 Å². The largest absolute Gasteiger partial charge is 0.356 e. The number of amides is 1. The first-order valence-electron chi connectivity index (χ1n) is 10.1. The number of piperidine rings is 1. The molecular weight excluding hydrogens is 398 g/mol. The van der Waals surface area contributed by atoms with Crippen molar-refractivity contribution in [1.82, 2.24) is 10.2 Å². The lowest BCUT2D eigenvalue weighted by molar-refractivity contribution is 0.0922. The number of sulfonamides is 1. The molecule has 0 radical (unpaired) electrons. The Morgan fingerprint density at radius 2 is 1.63 bits per heavy atom. The minimum atomic E-state index is -3.70. The molecule has 6 nitrogen and oxygen atoms in total. The Kier molecular flexibility index (Phi) is 5.47. The van der Waals surface area contributed by atoms with Crippen LogP contribution in [0.3, 0.4) is 0 Å². The zero-order chi connectivity index (χ0) is 21.3. The lowest BCUT2D eigenvalue weighted by atomic mass is 10.0. The van der Waals surface area contributed by atoms with Crippen LogP contribution in [0.15, 0.2) is 64.6 Å². The summed E-state index contributed by atoms with van der Waals surface area (Å²) in [7, 11) is -3.70. The van der Waals surface area contributed by atoms with E-state index in [0.717, 1.165) is 18.4 Å². The van der Waals surface area contributed by atoms with Gasteiger partial charge in [-0.15, -0.1) is 4.40 Å². The van der Waals surface area contributed by atoms with Crippen molar-refractivity contribution in [3.63, 3.8) is 0 Å². The van der Waals surface area contributed by atoms with Crippen molar-refractivity contribution in [1.29, 1.82) is 0 Å². The van der Waals surface area contributed by atoms with Crippen LogP contribution in [-0.4, -0.2) is 44.2 Å². The average molecular weight is 424 g/mol. The predicted molar refractivity (Wildman–Crippen MR) is 119 cm³/mol. The number of aryl methyl sites for hydroxylation is 1. The van der Waals surface area contributed by atoms with Crippen LogP contribution in [0.4, 0.5) is 0 Å². The van der Waals surface area contributed by atoms with Gasteiger partial charge in [0.2, 0.25) is 0 Å². The second-order valence-corrected chi connectivity index (χ2v) is 9.30. The van der Waals surface area contributed by atoms with Gasteiger partial charge in [0, 0.05) is 30.3 Å². The van der Waals surface area contributed by atoms with Gasteiger partial charge in [0.1, 0.15) is 10.7 Å². The molecule has 1 N–H and O–H groups in total. The van der Waals surface area contributed by atoms with Crippen LogP contribution in [0, 0.1) is 6.92 Å². The van der Waals surface area contributed by atoms with Crippen molar-refractivity contribution in [3.05, 3.63) is 76.9 Å². The Morgan fingerprint density at radius 1 is 1.00 bits per heavy atom. The molecule has 1 saturated heterocycles. The molecule has 1 amide bonds. The first-order valence-corrected chi connectivity index (χ1v) is 11.5. The Labute approximate surface area is 177 Å². The number of carbonyl (C=O) groups excluding carboxylic acids is 1. The Morgan fingerprint density at radius 3 is 2.30 bits per heavy atom. The molecule has 0 spiro atoms. The third-order valence-corrected chi connectivity index (χ3v) is 7.17. The van der Waals surface area contributed by atoms with Gasteiger partial charge in [-0.25, -0.2) is 0 Å². The third kappa shape index (κ3) is 3.89. The number of benzene rings is 2. The van der Waals surface area contributed by atoms with Crippen LogP contribution in [0.25, 0.3) is 4.91 Å². The molecule has 30 heavy (non-hydrogen) atoms. The summed E-state index contributed by atoms with van der Waals surface area (Å²) < 4.78 is 29.5. The monoisotopic (exact) mass is 423 g/mol. The number of hydrogen-bond acceptors (Lipinski definition) is 4. The smallest absolute Gasteiger partial charge is 0.285 e. The SMILES string of the molecule is CC1=C(c2ccccc2)S(=O)(=O)N=C1N1CCC(NC(=O)c2ccccc2C)CC1. The van der Waals surface area contributed by atoms with Gasteiger partial charge in [0.05, 0.1) is 0 Å². The summed E-state index contributed by atoms with van der Waals surface area (Å²) in [5.74, 6) is 0.465. The Balaban J connectivity index is 1.45. The van der Waals surface area contributed by atoms with Gasteiger partial charge in [0.25, 0.3) is 15.9 Å². The van der Waals surface area contributed by atoms with Crippen molar-refractivity contribution in [2.45, 2.75) is 32.7 Å².